The van der Waals surface area contributed by atoms with E-state index in [1.54, 1.807) is 0 Å². The lowest BCUT2D eigenvalue weighted by molar-refractivity contribution is 0.557. The van der Waals surface area contributed by atoms with Gasteiger partial charge in [-0.3, -0.25) is 0 Å². The molecule has 17 heavy (non-hydrogen) atoms. The van der Waals surface area contributed by atoms with Crippen molar-refractivity contribution in [1.82, 2.24) is 5.32 Å². The van der Waals surface area contributed by atoms with Crippen LogP contribution in [0.15, 0.2) is 28.7 Å². The predicted octanol–water partition coefficient (Wildman–Crippen LogP) is 3.43. The number of thioether (sulfide) groups is 2. The third-order valence-electron chi connectivity index (χ3n) is 3.01. The zero-order chi connectivity index (χ0) is 12.1. The average Bonchev–Trinajstić information content (AvgIpc) is 2.37. The normalized spacial score (nSPS) is 22.4. The predicted molar refractivity (Wildman–Crippen MR) is 84.3 cm³/mol. The molecule has 0 aliphatic carbocycles. The molecule has 1 fully saturated rings. The lowest BCUT2D eigenvalue weighted by Gasteiger charge is -2.29. The Morgan fingerprint density at radius 2 is 2.35 bits per heavy atom. The van der Waals surface area contributed by atoms with Crippen LogP contribution >= 0.6 is 39.5 Å². The van der Waals surface area contributed by atoms with Crippen LogP contribution in [0.2, 0.25) is 0 Å². The number of nitrogens with one attached hydrogen (secondary N) is 1. The molecule has 0 spiro atoms. The first-order chi connectivity index (χ1) is 8.29. The first-order valence-corrected chi connectivity index (χ1v) is 8.90. The second-order valence-electron chi connectivity index (χ2n) is 4.21. The molecule has 1 saturated heterocycles. The summed E-state index contributed by atoms with van der Waals surface area (Å²) in [6.07, 6.45) is 1.12. The number of benzene rings is 1. The number of halogens is 1. The third kappa shape index (κ3) is 4.19. The van der Waals surface area contributed by atoms with Gasteiger partial charge in [0.05, 0.1) is 0 Å². The van der Waals surface area contributed by atoms with Crippen LogP contribution in [0.1, 0.15) is 5.56 Å². The van der Waals surface area contributed by atoms with Crippen LogP contribution in [-0.2, 0) is 6.42 Å². The van der Waals surface area contributed by atoms with Crippen LogP contribution in [0.5, 0.6) is 0 Å². The van der Waals surface area contributed by atoms with E-state index in [0.29, 0.717) is 6.04 Å². The Kier molecular flexibility index (Phi) is 5.74. The molecule has 1 nitrogen and oxygen atoms in total. The van der Waals surface area contributed by atoms with Crippen molar-refractivity contribution in [3.05, 3.63) is 34.3 Å². The van der Waals surface area contributed by atoms with E-state index in [1.807, 2.05) is 0 Å². The van der Waals surface area contributed by atoms with E-state index in [4.69, 9.17) is 0 Å². The minimum absolute atomic E-state index is 0.585. The topological polar surface area (TPSA) is 12.0 Å². The van der Waals surface area contributed by atoms with Crippen LogP contribution in [-0.4, -0.2) is 35.6 Å². The third-order valence-corrected chi connectivity index (χ3v) is 6.42. The lowest BCUT2D eigenvalue weighted by atomic mass is 10.0. The summed E-state index contributed by atoms with van der Waals surface area (Å²) in [5, 5.41) is 4.24. The maximum Gasteiger partial charge on any atom is 0.0295 e. The van der Waals surface area contributed by atoms with Gasteiger partial charge >= 0.3 is 0 Å². The minimum atomic E-state index is 0.585. The zero-order valence-corrected chi connectivity index (χ0v) is 13.2. The standard InChI is InChI=1S/C13H18BrNS2/c1-15-12(13-9-16-5-6-17-13)8-10-3-2-4-11(14)7-10/h2-4,7,12-13,15H,5-6,8-9H2,1H3. The largest absolute Gasteiger partial charge is 0.316 e. The molecule has 2 rings (SSSR count). The maximum atomic E-state index is 3.54. The van der Waals surface area contributed by atoms with Crippen molar-refractivity contribution in [2.75, 3.05) is 24.3 Å². The Bertz CT molecular complexity index is 353. The highest BCUT2D eigenvalue weighted by Gasteiger charge is 2.23. The van der Waals surface area contributed by atoms with E-state index in [9.17, 15) is 0 Å². The Morgan fingerprint density at radius 3 is 3.00 bits per heavy atom. The van der Waals surface area contributed by atoms with Crippen molar-refractivity contribution in [3.8, 4) is 0 Å². The van der Waals surface area contributed by atoms with E-state index < -0.39 is 0 Å². The Balaban J connectivity index is 1.98. The minimum Gasteiger partial charge on any atom is -0.316 e. The first-order valence-electron chi connectivity index (χ1n) is 5.90. The molecule has 1 heterocycles. The van der Waals surface area contributed by atoms with Gasteiger partial charge in [-0.1, -0.05) is 28.1 Å². The molecular formula is C13H18BrNS2. The van der Waals surface area contributed by atoms with Crippen molar-refractivity contribution < 1.29 is 0 Å². The molecule has 94 valence electrons. The summed E-state index contributed by atoms with van der Waals surface area (Å²) < 4.78 is 1.18. The average molecular weight is 332 g/mol. The summed E-state index contributed by atoms with van der Waals surface area (Å²) >= 11 is 7.75. The van der Waals surface area contributed by atoms with Crippen molar-refractivity contribution in [2.24, 2.45) is 0 Å². The van der Waals surface area contributed by atoms with Gasteiger partial charge in [0, 0.05) is 33.0 Å². The van der Waals surface area contributed by atoms with E-state index in [1.165, 1.54) is 27.3 Å². The van der Waals surface area contributed by atoms with Gasteiger partial charge in [-0.2, -0.15) is 23.5 Å². The van der Waals surface area contributed by atoms with Crippen LogP contribution in [0.25, 0.3) is 0 Å². The Hall–Kier alpha value is 0.360. The highest BCUT2D eigenvalue weighted by atomic mass is 79.9. The smallest absolute Gasteiger partial charge is 0.0295 e. The van der Waals surface area contributed by atoms with Gasteiger partial charge in [-0.25, -0.2) is 0 Å². The summed E-state index contributed by atoms with van der Waals surface area (Å²) in [5.74, 6) is 3.89. The van der Waals surface area contributed by atoms with Crippen molar-refractivity contribution in [1.29, 1.82) is 0 Å². The fourth-order valence-corrected chi connectivity index (χ4v) is 5.45. The van der Waals surface area contributed by atoms with E-state index in [0.717, 1.165) is 11.7 Å². The lowest BCUT2D eigenvalue weighted by Crippen LogP contribution is -2.40. The summed E-state index contributed by atoms with van der Waals surface area (Å²) in [6.45, 7) is 0. The van der Waals surface area contributed by atoms with Crippen molar-refractivity contribution in [3.63, 3.8) is 0 Å². The second-order valence-corrected chi connectivity index (χ2v) is 7.63. The molecule has 2 unspecified atom stereocenters. The molecule has 1 aromatic carbocycles. The number of hydrogen-bond donors (Lipinski definition) is 1. The van der Waals surface area contributed by atoms with E-state index in [-0.39, 0.29) is 0 Å². The van der Waals surface area contributed by atoms with Crippen LogP contribution in [0, 0.1) is 0 Å². The monoisotopic (exact) mass is 331 g/mol. The maximum absolute atomic E-state index is 3.54. The van der Waals surface area contributed by atoms with Crippen LogP contribution in [0.4, 0.5) is 0 Å². The van der Waals surface area contributed by atoms with Gasteiger partial charge < -0.3 is 5.32 Å². The molecule has 1 aromatic rings. The fraction of sp³-hybridized carbons (Fsp3) is 0.538. The number of hydrogen-bond acceptors (Lipinski definition) is 3. The molecule has 0 radical (unpaired) electrons. The quantitative estimate of drug-likeness (QED) is 0.907. The molecule has 0 bridgehead atoms. The van der Waals surface area contributed by atoms with Crippen molar-refractivity contribution in [2.45, 2.75) is 17.7 Å². The van der Waals surface area contributed by atoms with Gasteiger partial charge in [-0.15, -0.1) is 0 Å². The van der Waals surface area contributed by atoms with Crippen LogP contribution in [0.3, 0.4) is 0 Å². The van der Waals surface area contributed by atoms with E-state index >= 15 is 0 Å². The van der Waals surface area contributed by atoms with Gasteiger partial charge in [-0.05, 0) is 31.2 Å². The van der Waals surface area contributed by atoms with Gasteiger partial charge in [0.1, 0.15) is 0 Å². The number of likely N-dealkylation sites (N-methyl/N-ethyl adjacent to an activating group) is 1. The first kappa shape index (κ1) is 13.8. The molecular weight excluding hydrogens is 314 g/mol. The molecule has 1 aliphatic heterocycles. The molecule has 4 heteroatoms. The highest BCUT2D eigenvalue weighted by Crippen LogP contribution is 2.28. The van der Waals surface area contributed by atoms with E-state index in [2.05, 4.69) is 76.1 Å². The Labute approximate surface area is 121 Å². The molecule has 1 aliphatic rings. The molecule has 0 saturated carbocycles. The molecule has 0 aromatic heterocycles. The Morgan fingerprint density at radius 1 is 1.47 bits per heavy atom. The number of rotatable bonds is 4. The van der Waals surface area contributed by atoms with Gasteiger partial charge in [0.15, 0.2) is 0 Å². The molecule has 0 amide bonds. The zero-order valence-electron chi connectivity index (χ0n) is 9.99. The second kappa shape index (κ2) is 7.07. The fourth-order valence-electron chi connectivity index (χ4n) is 2.08. The highest BCUT2D eigenvalue weighted by molar-refractivity contribution is 9.10. The summed E-state index contributed by atoms with van der Waals surface area (Å²) in [5.41, 5.74) is 1.41. The van der Waals surface area contributed by atoms with Crippen LogP contribution < -0.4 is 5.32 Å². The summed E-state index contributed by atoms with van der Waals surface area (Å²) in [6, 6.07) is 9.24. The SMILES string of the molecule is CNC(Cc1cccc(Br)c1)C1CSCCS1. The molecule has 1 N–H and O–H groups in total. The van der Waals surface area contributed by atoms with Gasteiger partial charge in [0.25, 0.3) is 0 Å². The van der Waals surface area contributed by atoms with Crippen molar-refractivity contribution >= 4 is 39.5 Å². The molecule has 2 atom stereocenters. The summed E-state index contributed by atoms with van der Waals surface area (Å²) in [7, 11) is 2.09. The van der Waals surface area contributed by atoms with Gasteiger partial charge in [0.2, 0.25) is 0 Å². The summed E-state index contributed by atoms with van der Waals surface area (Å²) in [4.78, 5) is 0.